The van der Waals surface area contributed by atoms with Crippen LogP contribution < -0.4 is 4.90 Å². The lowest BCUT2D eigenvalue weighted by molar-refractivity contribution is 1.21. The van der Waals surface area contributed by atoms with Gasteiger partial charge in [0.1, 0.15) is 0 Å². The zero-order valence-electron chi connectivity index (χ0n) is 8.99. The molecule has 1 aliphatic heterocycles. The van der Waals surface area contributed by atoms with Gasteiger partial charge in [0.2, 0.25) is 0 Å². The van der Waals surface area contributed by atoms with E-state index >= 15 is 0 Å². The Kier molecular flexibility index (Phi) is 1.63. The number of benzene rings is 2. The molecule has 0 unspecified atom stereocenters. The molecule has 0 atom stereocenters. The average molecular weight is 195 g/mol. The lowest BCUT2D eigenvalue weighted by Crippen LogP contribution is -2.11. The molecule has 0 saturated heterocycles. The molecule has 0 bridgehead atoms. The Balaban J connectivity index is 2.53. The van der Waals surface area contributed by atoms with E-state index in [0.29, 0.717) is 0 Å². The maximum Gasteiger partial charge on any atom is 0.0489 e. The Morgan fingerprint density at radius 2 is 1.93 bits per heavy atom. The molecule has 3 rings (SSSR count). The Morgan fingerprint density at radius 3 is 2.80 bits per heavy atom. The highest BCUT2D eigenvalue weighted by atomic mass is 15.1. The molecule has 0 aliphatic carbocycles. The normalized spacial score (nSPS) is 13.6. The molecule has 74 valence electrons. The van der Waals surface area contributed by atoms with Crippen LogP contribution in [0, 0.1) is 6.92 Å². The quantitative estimate of drug-likeness (QED) is 0.621. The monoisotopic (exact) mass is 195 g/mol. The molecule has 0 spiro atoms. The molecule has 1 heterocycles. The molecule has 0 N–H and O–H groups in total. The molecule has 0 aromatic heterocycles. The fraction of sp³-hybridized carbons (Fsp3) is 0.143. The van der Waals surface area contributed by atoms with Gasteiger partial charge in [0.05, 0.1) is 0 Å². The van der Waals surface area contributed by atoms with Gasteiger partial charge in [-0.1, -0.05) is 24.3 Å². The molecule has 2 aromatic carbocycles. The molecular weight excluding hydrogens is 182 g/mol. The van der Waals surface area contributed by atoms with Gasteiger partial charge in [0.25, 0.3) is 0 Å². The molecule has 0 fully saturated rings. The van der Waals surface area contributed by atoms with Crippen molar-refractivity contribution in [2.24, 2.45) is 0 Å². The summed E-state index contributed by atoms with van der Waals surface area (Å²) in [6, 6.07) is 10.9. The number of hydrogen-bond donors (Lipinski definition) is 0. The summed E-state index contributed by atoms with van der Waals surface area (Å²) in [7, 11) is 2.09. The maximum absolute atomic E-state index is 2.20. The van der Waals surface area contributed by atoms with Crippen molar-refractivity contribution in [1.82, 2.24) is 0 Å². The summed E-state index contributed by atoms with van der Waals surface area (Å²) in [5.41, 5.74) is 3.97. The number of rotatable bonds is 0. The van der Waals surface area contributed by atoms with Gasteiger partial charge in [0, 0.05) is 24.3 Å². The molecular formula is C14H13N. The van der Waals surface area contributed by atoms with Crippen LogP contribution in [0.5, 0.6) is 0 Å². The summed E-state index contributed by atoms with van der Waals surface area (Å²) < 4.78 is 0. The standard InChI is InChI=1S/C14H13N/c1-10-6-7-11-8-9-15(2)13-5-3-4-12(10)14(11)13/h3-9H,1-2H3. The van der Waals surface area contributed by atoms with Crippen molar-refractivity contribution in [3.05, 3.63) is 47.7 Å². The summed E-state index contributed by atoms with van der Waals surface area (Å²) in [5.74, 6) is 0. The van der Waals surface area contributed by atoms with Crippen LogP contribution in [0.4, 0.5) is 5.69 Å². The maximum atomic E-state index is 2.20. The molecule has 0 radical (unpaired) electrons. The van der Waals surface area contributed by atoms with Crippen molar-refractivity contribution in [3.63, 3.8) is 0 Å². The van der Waals surface area contributed by atoms with Crippen LogP contribution in [-0.2, 0) is 0 Å². The van der Waals surface area contributed by atoms with Crippen molar-refractivity contribution < 1.29 is 0 Å². The van der Waals surface area contributed by atoms with Gasteiger partial charge in [-0.25, -0.2) is 0 Å². The smallest absolute Gasteiger partial charge is 0.0489 e. The molecule has 1 heteroatoms. The topological polar surface area (TPSA) is 3.24 Å². The van der Waals surface area contributed by atoms with Crippen molar-refractivity contribution in [2.45, 2.75) is 6.92 Å². The third-order valence-electron chi connectivity index (χ3n) is 3.13. The Morgan fingerprint density at radius 1 is 1.07 bits per heavy atom. The highest BCUT2D eigenvalue weighted by molar-refractivity contribution is 6.04. The van der Waals surface area contributed by atoms with Gasteiger partial charge in [-0.15, -0.1) is 0 Å². The van der Waals surface area contributed by atoms with Crippen LogP contribution in [0.3, 0.4) is 0 Å². The molecule has 0 amide bonds. The van der Waals surface area contributed by atoms with E-state index in [9.17, 15) is 0 Å². The van der Waals surface area contributed by atoms with E-state index in [1.54, 1.807) is 0 Å². The first kappa shape index (κ1) is 8.54. The van der Waals surface area contributed by atoms with E-state index in [1.165, 1.54) is 27.6 Å². The number of nitrogens with zero attached hydrogens (tertiary/aromatic N) is 1. The van der Waals surface area contributed by atoms with E-state index in [1.807, 2.05) is 0 Å². The zero-order valence-corrected chi connectivity index (χ0v) is 8.99. The van der Waals surface area contributed by atoms with Crippen LogP contribution in [0.2, 0.25) is 0 Å². The average Bonchev–Trinajstić information content (AvgIpc) is 2.27. The van der Waals surface area contributed by atoms with Crippen LogP contribution in [-0.4, -0.2) is 7.05 Å². The van der Waals surface area contributed by atoms with E-state index in [-0.39, 0.29) is 0 Å². The second-order valence-electron chi connectivity index (χ2n) is 4.10. The SMILES string of the molecule is Cc1ccc2c3c(cccc13)N(C)C=C2. The predicted molar refractivity (Wildman–Crippen MR) is 66.1 cm³/mol. The van der Waals surface area contributed by atoms with Crippen LogP contribution >= 0.6 is 0 Å². The third-order valence-corrected chi connectivity index (χ3v) is 3.13. The Bertz CT molecular complexity index is 567. The largest absolute Gasteiger partial charge is 0.351 e. The van der Waals surface area contributed by atoms with Crippen LogP contribution in [0.15, 0.2) is 36.5 Å². The van der Waals surface area contributed by atoms with E-state index in [4.69, 9.17) is 0 Å². The molecule has 1 nitrogen and oxygen atoms in total. The minimum Gasteiger partial charge on any atom is -0.351 e. The minimum atomic E-state index is 1.30. The van der Waals surface area contributed by atoms with Gasteiger partial charge in [-0.05, 0) is 35.6 Å². The van der Waals surface area contributed by atoms with Crippen molar-refractivity contribution in [1.29, 1.82) is 0 Å². The zero-order chi connectivity index (χ0) is 10.4. The van der Waals surface area contributed by atoms with Crippen molar-refractivity contribution in [3.8, 4) is 0 Å². The molecule has 1 aliphatic rings. The van der Waals surface area contributed by atoms with Crippen molar-refractivity contribution >= 4 is 22.5 Å². The van der Waals surface area contributed by atoms with Gasteiger partial charge < -0.3 is 4.90 Å². The number of aryl methyl sites for hydroxylation is 1. The second kappa shape index (κ2) is 2.86. The highest BCUT2D eigenvalue weighted by Gasteiger charge is 2.12. The van der Waals surface area contributed by atoms with E-state index < -0.39 is 0 Å². The van der Waals surface area contributed by atoms with Crippen LogP contribution in [0.25, 0.3) is 16.8 Å². The fourth-order valence-corrected chi connectivity index (χ4v) is 2.27. The number of anilines is 1. The van der Waals surface area contributed by atoms with E-state index in [2.05, 4.69) is 61.5 Å². The predicted octanol–water partition coefficient (Wildman–Crippen LogP) is 3.57. The molecule has 2 aromatic rings. The highest BCUT2D eigenvalue weighted by Crippen LogP contribution is 2.35. The van der Waals surface area contributed by atoms with E-state index in [0.717, 1.165) is 0 Å². The summed E-state index contributed by atoms with van der Waals surface area (Å²) >= 11 is 0. The first-order valence-electron chi connectivity index (χ1n) is 5.21. The van der Waals surface area contributed by atoms with Gasteiger partial charge in [-0.2, -0.15) is 0 Å². The summed E-state index contributed by atoms with van der Waals surface area (Å²) in [4.78, 5) is 2.18. The van der Waals surface area contributed by atoms with Crippen LogP contribution in [0.1, 0.15) is 11.1 Å². The van der Waals surface area contributed by atoms with Crippen molar-refractivity contribution in [2.75, 3.05) is 11.9 Å². The van der Waals surface area contributed by atoms with Gasteiger partial charge in [-0.3, -0.25) is 0 Å². The number of hydrogen-bond acceptors (Lipinski definition) is 1. The molecule has 0 saturated carbocycles. The second-order valence-corrected chi connectivity index (χ2v) is 4.10. The first-order valence-corrected chi connectivity index (χ1v) is 5.21. The first-order chi connectivity index (χ1) is 7.27. The fourth-order valence-electron chi connectivity index (χ4n) is 2.27. The third kappa shape index (κ3) is 1.09. The minimum absolute atomic E-state index is 1.30. The Labute approximate surface area is 89.6 Å². The Hall–Kier alpha value is -1.76. The van der Waals surface area contributed by atoms with Gasteiger partial charge in [0.15, 0.2) is 0 Å². The summed E-state index contributed by atoms with van der Waals surface area (Å²) in [6.07, 6.45) is 4.29. The lowest BCUT2D eigenvalue weighted by atomic mass is 9.96. The van der Waals surface area contributed by atoms with Gasteiger partial charge >= 0.3 is 0 Å². The molecule has 15 heavy (non-hydrogen) atoms. The lowest BCUT2D eigenvalue weighted by Gasteiger charge is -2.22. The summed E-state index contributed by atoms with van der Waals surface area (Å²) in [5, 5.41) is 2.74. The summed E-state index contributed by atoms with van der Waals surface area (Å²) in [6.45, 7) is 2.17.